The Morgan fingerprint density at radius 3 is 1.27 bits per heavy atom. The number of aliphatic hydroxyl groups excluding tert-OH is 5. The van der Waals surface area contributed by atoms with Crippen LogP contribution < -0.4 is 0 Å². The predicted molar refractivity (Wildman–Crippen MR) is 35.8 cm³/mol. The average molecular weight is 170 g/mol. The van der Waals surface area contributed by atoms with E-state index in [9.17, 15) is 0 Å². The van der Waals surface area contributed by atoms with Gasteiger partial charge in [0, 0.05) is 0 Å². The molecule has 70 valence electrons. The maximum absolute atomic E-state index is 8.77. The van der Waals surface area contributed by atoms with E-state index in [0.717, 1.165) is 0 Å². The van der Waals surface area contributed by atoms with Gasteiger partial charge in [-0.3, -0.25) is 0 Å². The van der Waals surface area contributed by atoms with Gasteiger partial charge in [-0.25, -0.2) is 0 Å². The molecule has 0 radical (unpaired) electrons. The molecule has 0 amide bonds. The van der Waals surface area contributed by atoms with Gasteiger partial charge in [-0.2, -0.15) is 0 Å². The quantitative estimate of drug-likeness (QED) is 0.295. The molecule has 6 nitrogen and oxygen atoms in total. The van der Waals surface area contributed by atoms with Crippen LogP contribution in [0.1, 0.15) is 0 Å². The number of rotatable bonds is 4. The summed E-state index contributed by atoms with van der Waals surface area (Å²) in [5.74, 6) is 0. The van der Waals surface area contributed by atoms with Crippen molar-refractivity contribution in [3.63, 3.8) is 0 Å². The first-order valence-electron chi connectivity index (χ1n) is 2.89. The van der Waals surface area contributed by atoms with E-state index >= 15 is 0 Å². The van der Waals surface area contributed by atoms with Gasteiger partial charge < -0.3 is 31.0 Å². The normalized spacial score (nSPS) is 15.8. The third kappa shape index (κ3) is 4.25. The van der Waals surface area contributed by atoms with Gasteiger partial charge in [-0.1, -0.05) is 0 Å². The first-order valence-corrected chi connectivity index (χ1v) is 2.89. The summed E-state index contributed by atoms with van der Waals surface area (Å²) in [5.41, 5.74) is 0. The molecule has 0 aliphatic heterocycles. The van der Waals surface area contributed by atoms with E-state index in [1.54, 1.807) is 0 Å². The molecule has 0 heterocycles. The average Bonchev–Trinajstić information content (AvgIpc) is 2.00. The third-order valence-corrected chi connectivity index (χ3v) is 1.16. The predicted octanol–water partition coefficient (Wildman–Crippen LogP) is -3.77. The molecule has 0 fully saturated rings. The Hall–Kier alpha value is -0.240. The molecule has 6 heteroatoms. The SMILES string of the molecule is O.OC[C@@H](O)C(O)[C@H](O)CO. The molecule has 0 saturated carbocycles. The molecule has 2 atom stereocenters. The molecule has 11 heavy (non-hydrogen) atoms. The third-order valence-electron chi connectivity index (χ3n) is 1.16. The summed E-state index contributed by atoms with van der Waals surface area (Å²) in [6.07, 6.45) is -4.29. The van der Waals surface area contributed by atoms with Crippen molar-refractivity contribution in [2.75, 3.05) is 13.2 Å². The maximum Gasteiger partial charge on any atom is 0.110 e. The van der Waals surface area contributed by atoms with Crippen molar-refractivity contribution >= 4 is 0 Å². The van der Waals surface area contributed by atoms with E-state index in [1.807, 2.05) is 0 Å². The zero-order valence-corrected chi connectivity index (χ0v) is 5.88. The molecule has 0 aliphatic carbocycles. The Morgan fingerprint density at radius 1 is 0.818 bits per heavy atom. The van der Waals surface area contributed by atoms with Crippen LogP contribution in [0.5, 0.6) is 0 Å². The molecule has 0 unspecified atom stereocenters. The van der Waals surface area contributed by atoms with Crippen LogP contribution in [-0.4, -0.2) is 62.5 Å². The van der Waals surface area contributed by atoms with Crippen LogP contribution in [0.2, 0.25) is 0 Å². The van der Waals surface area contributed by atoms with Gasteiger partial charge in [0.25, 0.3) is 0 Å². The van der Waals surface area contributed by atoms with Crippen LogP contribution >= 0.6 is 0 Å². The second-order valence-corrected chi connectivity index (χ2v) is 1.99. The van der Waals surface area contributed by atoms with E-state index in [-0.39, 0.29) is 5.48 Å². The fraction of sp³-hybridized carbons (Fsp3) is 1.00. The molecule has 7 N–H and O–H groups in total. The standard InChI is InChI=1S/C5H12O5.H2O/c6-1-3(8)5(10)4(9)2-7;/h3-10H,1-2H2;1H2/t3-,4-;/m1./s1. The van der Waals surface area contributed by atoms with E-state index in [2.05, 4.69) is 0 Å². The number of aliphatic hydroxyl groups is 5. The molecule has 0 aromatic carbocycles. The van der Waals surface area contributed by atoms with Crippen molar-refractivity contribution in [3.05, 3.63) is 0 Å². The molecule has 0 saturated heterocycles. The molecule has 0 aromatic rings. The van der Waals surface area contributed by atoms with Crippen molar-refractivity contribution in [1.82, 2.24) is 0 Å². The highest BCUT2D eigenvalue weighted by molar-refractivity contribution is 4.73. The highest BCUT2D eigenvalue weighted by Gasteiger charge is 2.22. The summed E-state index contributed by atoms with van der Waals surface area (Å²) in [5, 5.41) is 42.6. The molecular formula is C5H14O6. The Labute approximate surface area is 63.7 Å². The van der Waals surface area contributed by atoms with Crippen molar-refractivity contribution in [2.24, 2.45) is 0 Å². The number of hydrogen-bond acceptors (Lipinski definition) is 5. The first kappa shape index (κ1) is 13.4. The molecule has 0 aromatic heterocycles. The molecule has 0 rings (SSSR count). The molecule has 0 bridgehead atoms. The largest absolute Gasteiger partial charge is 0.412 e. The zero-order chi connectivity index (χ0) is 8.15. The summed E-state index contributed by atoms with van der Waals surface area (Å²) in [6, 6.07) is 0. The van der Waals surface area contributed by atoms with Crippen molar-refractivity contribution in [1.29, 1.82) is 0 Å². The summed E-state index contributed by atoms with van der Waals surface area (Å²) in [6.45, 7) is -1.28. The minimum Gasteiger partial charge on any atom is -0.412 e. The monoisotopic (exact) mass is 170 g/mol. The van der Waals surface area contributed by atoms with Crippen molar-refractivity contribution in [3.8, 4) is 0 Å². The van der Waals surface area contributed by atoms with E-state index < -0.39 is 31.5 Å². The smallest absolute Gasteiger partial charge is 0.110 e. The van der Waals surface area contributed by atoms with Gasteiger partial charge in [0.05, 0.1) is 13.2 Å². The lowest BCUT2D eigenvalue weighted by atomic mass is 10.1. The van der Waals surface area contributed by atoms with Crippen LogP contribution in [0, 0.1) is 0 Å². The Balaban J connectivity index is 0. The Kier molecular flexibility index (Phi) is 7.85. The second kappa shape index (κ2) is 6.47. The van der Waals surface area contributed by atoms with E-state index in [0.29, 0.717) is 0 Å². The molecule has 0 aliphatic rings. The highest BCUT2D eigenvalue weighted by Crippen LogP contribution is 1.97. The fourth-order valence-corrected chi connectivity index (χ4v) is 0.472. The van der Waals surface area contributed by atoms with E-state index in [1.165, 1.54) is 0 Å². The maximum atomic E-state index is 8.77. The Bertz CT molecular complexity index is 77.0. The minimum atomic E-state index is -1.49. The lowest BCUT2D eigenvalue weighted by molar-refractivity contribution is -0.0900. The summed E-state index contributed by atoms with van der Waals surface area (Å²) in [4.78, 5) is 0. The highest BCUT2D eigenvalue weighted by atomic mass is 16.4. The topological polar surface area (TPSA) is 133 Å². The van der Waals surface area contributed by atoms with Crippen molar-refractivity contribution in [2.45, 2.75) is 18.3 Å². The van der Waals surface area contributed by atoms with Crippen LogP contribution in [0.25, 0.3) is 0 Å². The lowest BCUT2D eigenvalue weighted by Crippen LogP contribution is -2.41. The van der Waals surface area contributed by atoms with Gasteiger partial charge >= 0.3 is 0 Å². The van der Waals surface area contributed by atoms with Gasteiger partial charge in [-0.15, -0.1) is 0 Å². The molecule has 0 spiro atoms. The van der Waals surface area contributed by atoms with Gasteiger partial charge in [0.15, 0.2) is 0 Å². The van der Waals surface area contributed by atoms with Crippen LogP contribution in [-0.2, 0) is 0 Å². The van der Waals surface area contributed by atoms with Crippen LogP contribution in [0.15, 0.2) is 0 Å². The fourth-order valence-electron chi connectivity index (χ4n) is 0.472. The van der Waals surface area contributed by atoms with Gasteiger partial charge in [-0.05, 0) is 0 Å². The summed E-state index contributed by atoms with van der Waals surface area (Å²) in [7, 11) is 0. The zero-order valence-electron chi connectivity index (χ0n) is 5.88. The van der Waals surface area contributed by atoms with Crippen LogP contribution in [0.4, 0.5) is 0 Å². The van der Waals surface area contributed by atoms with Gasteiger partial charge in [0.2, 0.25) is 0 Å². The minimum absolute atomic E-state index is 0. The van der Waals surface area contributed by atoms with E-state index in [4.69, 9.17) is 25.5 Å². The molecular weight excluding hydrogens is 156 g/mol. The number of hydrogen-bond donors (Lipinski definition) is 5. The summed E-state index contributed by atoms with van der Waals surface area (Å²) >= 11 is 0. The lowest BCUT2D eigenvalue weighted by Gasteiger charge is -2.19. The second-order valence-electron chi connectivity index (χ2n) is 1.99. The van der Waals surface area contributed by atoms with Gasteiger partial charge in [0.1, 0.15) is 18.3 Å². The van der Waals surface area contributed by atoms with Crippen LogP contribution in [0.3, 0.4) is 0 Å². The van der Waals surface area contributed by atoms with Crippen molar-refractivity contribution < 1.29 is 31.0 Å². The summed E-state index contributed by atoms with van der Waals surface area (Å²) < 4.78 is 0. The first-order chi connectivity index (χ1) is 4.63. The Morgan fingerprint density at radius 2 is 1.09 bits per heavy atom.